The molecule has 1 aromatic carbocycles. The lowest BCUT2D eigenvalue weighted by Gasteiger charge is -2.33. The second-order valence-electron chi connectivity index (χ2n) is 6.03. The van der Waals surface area contributed by atoms with E-state index in [0.717, 1.165) is 3.57 Å². The maximum atomic E-state index is 12.4. The monoisotopic (exact) mass is 474 g/mol. The number of urea groups is 1. The lowest BCUT2D eigenvalue weighted by Crippen LogP contribution is -2.51. The number of hydrogen-bond acceptors (Lipinski definition) is 5. The summed E-state index contributed by atoms with van der Waals surface area (Å²) in [5.74, 6) is -0.0447. The first kappa shape index (κ1) is 20.3. The minimum absolute atomic E-state index is 0.0195. The molecular weight excluding hydrogens is 451 g/mol. The van der Waals surface area contributed by atoms with Gasteiger partial charge < -0.3 is 24.8 Å². The smallest absolute Gasteiger partial charge is 0.319 e. The van der Waals surface area contributed by atoms with Gasteiger partial charge >= 0.3 is 12.0 Å². The van der Waals surface area contributed by atoms with Crippen molar-refractivity contribution in [3.63, 3.8) is 0 Å². The number of hydrogen-bond donors (Lipinski definition) is 2. The Morgan fingerprint density at radius 1 is 1.38 bits per heavy atom. The van der Waals surface area contributed by atoms with Crippen LogP contribution in [0.1, 0.15) is 32.4 Å². The molecule has 2 amide bonds. The van der Waals surface area contributed by atoms with Gasteiger partial charge in [-0.3, -0.25) is 4.79 Å². The molecule has 2 N–H and O–H groups in total. The molecule has 0 spiro atoms. The van der Waals surface area contributed by atoms with Crippen LogP contribution in [0.25, 0.3) is 0 Å². The zero-order valence-corrected chi connectivity index (χ0v) is 17.4. The molecule has 2 rings (SSSR count). The summed E-state index contributed by atoms with van der Waals surface area (Å²) in [7, 11) is 1.55. The Bertz CT molecular complexity index is 720. The maximum absolute atomic E-state index is 12.4. The largest absolute Gasteiger partial charge is 0.493 e. The molecule has 0 radical (unpaired) electrons. The molecule has 2 unspecified atom stereocenters. The summed E-state index contributed by atoms with van der Waals surface area (Å²) >= 11 is 2.14. The summed E-state index contributed by atoms with van der Waals surface area (Å²) in [5.41, 5.74) is 1.00. The van der Waals surface area contributed by atoms with E-state index in [4.69, 9.17) is 14.2 Å². The molecule has 1 aromatic rings. The molecule has 0 bridgehead atoms. The van der Waals surface area contributed by atoms with E-state index in [1.165, 1.54) is 0 Å². The lowest BCUT2D eigenvalue weighted by atomic mass is 9.89. The first-order chi connectivity index (χ1) is 12.3. The second-order valence-corrected chi connectivity index (χ2v) is 7.19. The minimum atomic E-state index is -0.745. The van der Waals surface area contributed by atoms with Crippen molar-refractivity contribution in [2.45, 2.75) is 32.9 Å². The summed E-state index contributed by atoms with van der Waals surface area (Å²) in [6.07, 6.45) is -0.0195. The predicted octanol–water partition coefficient (Wildman–Crippen LogP) is 3.13. The topological polar surface area (TPSA) is 85.9 Å². The highest BCUT2D eigenvalue weighted by molar-refractivity contribution is 14.1. The molecule has 1 fully saturated rings. The molecule has 0 aliphatic carbocycles. The Balaban J connectivity index is 2.48. The first-order valence-corrected chi connectivity index (χ1v) is 9.33. The number of carbonyl (C=O) groups excluding carboxylic acids is 2. The van der Waals surface area contributed by atoms with Crippen molar-refractivity contribution in [3.05, 3.63) is 33.5 Å². The number of amides is 2. The summed E-state index contributed by atoms with van der Waals surface area (Å²) in [5, 5.41) is 5.33. The Labute approximate surface area is 166 Å². The SMILES string of the molecule is C=C1NC(=O)NC(c2cc(I)c(OC(C)C)c(OC)c2)C1C(=O)OCC. The van der Waals surface area contributed by atoms with E-state index in [1.807, 2.05) is 19.9 Å². The maximum Gasteiger partial charge on any atom is 0.319 e. The summed E-state index contributed by atoms with van der Waals surface area (Å²) in [6, 6.07) is 2.58. The fourth-order valence-electron chi connectivity index (χ4n) is 2.74. The van der Waals surface area contributed by atoms with E-state index in [1.54, 1.807) is 20.1 Å². The predicted molar refractivity (Wildman–Crippen MR) is 105 cm³/mol. The number of nitrogens with one attached hydrogen (secondary N) is 2. The second kappa shape index (κ2) is 8.61. The van der Waals surface area contributed by atoms with Gasteiger partial charge in [0.2, 0.25) is 0 Å². The van der Waals surface area contributed by atoms with Crippen LogP contribution in [0, 0.1) is 9.49 Å². The molecule has 1 saturated heterocycles. The van der Waals surface area contributed by atoms with E-state index in [0.29, 0.717) is 22.8 Å². The molecule has 0 aromatic heterocycles. The van der Waals surface area contributed by atoms with Gasteiger partial charge in [-0.15, -0.1) is 0 Å². The zero-order chi connectivity index (χ0) is 19.4. The number of esters is 1. The van der Waals surface area contributed by atoms with Crippen molar-refractivity contribution < 1.29 is 23.8 Å². The number of halogens is 1. The van der Waals surface area contributed by atoms with Crippen LogP contribution in [-0.2, 0) is 9.53 Å². The molecule has 142 valence electrons. The Morgan fingerprint density at radius 2 is 2.08 bits per heavy atom. The van der Waals surface area contributed by atoms with E-state index in [-0.39, 0.29) is 12.7 Å². The lowest BCUT2D eigenvalue weighted by molar-refractivity contribution is -0.147. The normalized spacial score (nSPS) is 19.6. The van der Waals surface area contributed by atoms with E-state index in [9.17, 15) is 9.59 Å². The Morgan fingerprint density at radius 3 is 2.65 bits per heavy atom. The molecule has 7 nitrogen and oxygen atoms in total. The van der Waals surface area contributed by atoms with E-state index >= 15 is 0 Å². The van der Waals surface area contributed by atoms with Gasteiger partial charge in [0, 0.05) is 5.70 Å². The third-order valence-corrected chi connectivity index (χ3v) is 4.58. The molecule has 2 atom stereocenters. The minimum Gasteiger partial charge on any atom is -0.493 e. The quantitative estimate of drug-likeness (QED) is 0.489. The average Bonchev–Trinajstić information content (AvgIpc) is 2.55. The van der Waals surface area contributed by atoms with Crippen LogP contribution in [0.3, 0.4) is 0 Å². The third-order valence-electron chi connectivity index (χ3n) is 3.77. The molecule has 26 heavy (non-hydrogen) atoms. The van der Waals surface area contributed by atoms with Crippen LogP contribution in [0.5, 0.6) is 11.5 Å². The summed E-state index contributed by atoms with van der Waals surface area (Å²) in [6.45, 7) is 9.64. The van der Waals surface area contributed by atoms with Crippen LogP contribution >= 0.6 is 22.6 Å². The highest BCUT2D eigenvalue weighted by Gasteiger charge is 2.39. The molecule has 1 aliphatic heterocycles. The molecule has 1 aliphatic rings. The van der Waals surface area contributed by atoms with Crippen molar-refractivity contribution >= 4 is 34.6 Å². The van der Waals surface area contributed by atoms with Gasteiger partial charge in [-0.2, -0.15) is 0 Å². The molecular formula is C18H23IN2O5. The van der Waals surface area contributed by atoms with Crippen LogP contribution in [0.4, 0.5) is 4.79 Å². The number of ether oxygens (including phenoxy) is 3. The van der Waals surface area contributed by atoms with E-state index < -0.39 is 24.0 Å². The number of carbonyl (C=O) groups is 2. The number of methoxy groups -OCH3 is 1. The molecule has 8 heteroatoms. The fourth-order valence-corrected chi connectivity index (χ4v) is 3.49. The van der Waals surface area contributed by atoms with Crippen LogP contribution in [0.2, 0.25) is 0 Å². The van der Waals surface area contributed by atoms with Crippen molar-refractivity contribution in [1.29, 1.82) is 0 Å². The van der Waals surface area contributed by atoms with Crippen molar-refractivity contribution in [1.82, 2.24) is 10.6 Å². The summed E-state index contributed by atoms with van der Waals surface area (Å²) < 4.78 is 17.2. The van der Waals surface area contributed by atoms with Gasteiger partial charge in [-0.1, -0.05) is 6.58 Å². The summed E-state index contributed by atoms with van der Waals surface area (Å²) in [4.78, 5) is 24.4. The van der Waals surface area contributed by atoms with Gasteiger partial charge in [0.25, 0.3) is 0 Å². The van der Waals surface area contributed by atoms with Gasteiger partial charge in [-0.25, -0.2) is 4.79 Å². The van der Waals surface area contributed by atoms with Crippen LogP contribution in [-0.4, -0.2) is 31.8 Å². The van der Waals surface area contributed by atoms with Gasteiger partial charge in [0.1, 0.15) is 5.92 Å². The van der Waals surface area contributed by atoms with Crippen LogP contribution < -0.4 is 20.1 Å². The standard InChI is InChI=1S/C18H23IN2O5/c1-6-25-17(22)14-10(4)20-18(23)21-15(14)11-7-12(19)16(26-9(2)3)13(8-11)24-5/h7-9,14-15H,4,6H2,1-3,5H3,(H2,20,21,23). The Hall–Kier alpha value is -1.97. The van der Waals surface area contributed by atoms with Crippen LogP contribution in [0.15, 0.2) is 24.4 Å². The van der Waals surface area contributed by atoms with Crippen molar-refractivity contribution in [2.24, 2.45) is 5.92 Å². The number of benzene rings is 1. The van der Waals surface area contributed by atoms with Crippen molar-refractivity contribution in [3.8, 4) is 11.5 Å². The highest BCUT2D eigenvalue weighted by atomic mass is 127. The zero-order valence-electron chi connectivity index (χ0n) is 15.2. The van der Waals surface area contributed by atoms with Crippen molar-refractivity contribution in [2.75, 3.05) is 13.7 Å². The molecule has 1 heterocycles. The van der Waals surface area contributed by atoms with Gasteiger partial charge in [0.05, 0.1) is 29.4 Å². The Kier molecular flexibility index (Phi) is 6.74. The molecule has 0 saturated carbocycles. The van der Waals surface area contributed by atoms with Gasteiger partial charge in [-0.05, 0) is 61.1 Å². The van der Waals surface area contributed by atoms with E-state index in [2.05, 4.69) is 39.8 Å². The first-order valence-electron chi connectivity index (χ1n) is 8.25. The number of rotatable bonds is 6. The highest BCUT2D eigenvalue weighted by Crippen LogP contribution is 2.39. The fraction of sp³-hybridized carbons (Fsp3) is 0.444. The average molecular weight is 474 g/mol. The third kappa shape index (κ3) is 4.40. The van der Waals surface area contributed by atoms with Gasteiger partial charge in [0.15, 0.2) is 11.5 Å².